The number of allylic oxidation sites excluding steroid dienone is 2. The molecular formula is C18H37N. The molecule has 0 saturated heterocycles. The maximum Gasteiger partial charge on any atom is -0.00519 e. The molecule has 114 valence electrons. The predicted molar refractivity (Wildman–Crippen MR) is 88.8 cm³/mol. The Morgan fingerprint density at radius 1 is 0.632 bits per heavy atom. The molecule has 0 aromatic carbocycles. The van der Waals surface area contributed by atoms with Crippen molar-refractivity contribution in [3.05, 3.63) is 12.2 Å². The smallest absolute Gasteiger partial charge is 0.00519 e. The summed E-state index contributed by atoms with van der Waals surface area (Å²) < 4.78 is 0. The monoisotopic (exact) mass is 267 g/mol. The van der Waals surface area contributed by atoms with Crippen LogP contribution in [-0.2, 0) is 0 Å². The van der Waals surface area contributed by atoms with Gasteiger partial charge in [-0.3, -0.25) is 0 Å². The van der Waals surface area contributed by atoms with E-state index in [1.165, 1.54) is 90.0 Å². The van der Waals surface area contributed by atoms with Gasteiger partial charge in [0.15, 0.2) is 0 Å². The topological polar surface area (TPSA) is 12.0 Å². The van der Waals surface area contributed by atoms with E-state index in [4.69, 9.17) is 0 Å². The van der Waals surface area contributed by atoms with Crippen molar-refractivity contribution in [1.29, 1.82) is 0 Å². The van der Waals surface area contributed by atoms with Gasteiger partial charge in [-0.25, -0.2) is 0 Å². The first-order chi connectivity index (χ1) is 9.41. The second kappa shape index (κ2) is 17.7. The van der Waals surface area contributed by atoms with Gasteiger partial charge >= 0.3 is 0 Å². The third-order valence-corrected chi connectivity index (χ3v) is 3.69. The average molecular weight is 268 g/mol. The quantitative estimate of drug-likeness (QED) is 0.290. The van der Waals surface area contributed by atoms with Crippen molar-refractivity contribution in [2.45, 2.75) is 90.4 Å². The number of hydrogen-bond acceptors (Lipinski definition) is 1. The van der Waals surface area contributed by atoms with Crippen molar-refractivity contribution in [3.8, 4) is 0 Å². The van der Waals surface area contributed by atoms with E-state index in [-0.39, 0.29) is 0 Å². The zero-order valence-corrected chi connectivity index (χ0v) is 13.6. The molecule has 0 aliphatic carbocycles. The Bertz CT molecular complexity index is 175. The highest BCUT2D eigenvalue weighted by Crippen LogP contribution is 2.08. The lowest BCUT2D eigenvalue weighted by Gasteiger charge is -2.00. The van der Waals surface area contributed by atoms with Gasteiger partial charge < -0.3 is 5.32 Å². The Morgan fingerprint density at radius 2 is 1.11 bits per heavy atom. The van der Waals surface area contributed by atoms with E-state index < -0.39 is 0 Å². The molecule has 0 bridgehead atoms. The summed E-state index contributed by atoms with van der Waals surface area (Å²) in [6.07, 6.45) is 22.8. The summed E-state index contributed by atoms with van der Waals surface area (Å²) in [6.45, 7) is 3.46. The SMILES string of the molecule is CCCCCCCCC=CCCCCCCCNC. The summed E-state index contributed by atoms with van der Waals surface area (Å²) in [5, 5.41) is 3.20. The van der Waals surface area contributed by atoms with Crippen LogP contribution in [0.5, 0.6) is 0 Å². The van der Waals surface area contributed by atoms with E-state index in [9.17, 15) is 0 Å². The maximum absolute atomic E-state index is 3.20. The molecule has 0 aromatic rings. The Morgan fingerprint density at radius 3 is 1.63 bits per heavy atom. The van der Waals surface area contributed by atoms with Crippen LogP contribution in [-0.4, -0.2) is 13.6 Å². The number of nitrogens with one attached hydrogen (secondary N) is 1. The number of unbranched alkanes of at least 4 members (excludes halogenated alkanes) is 11. The fourth-order valence-electron chi connectivity index (χ4n) is 2.37. The Labute approximate surface area is 122 Å². The Kier molecular flexibility index (Phi) is 17.4. The van der Waals surface area contributed by atoms with E-state index in [0.717, 1.165) is 0 Å². The van der Waals surface area contributed by atoms with Crippen LogP contribution in [0.25, 0.3) is 0 Å². The first-order valence-corrected chi connectivity index (χ1v) is 8.71. The molecule has 0 spiro atoms. The van der Waals surface area contributed by atoms with Crippen LogP contribution in [0.15, 0.2) is 12.2 Å². The van der Waals surface area contributed by atoms with Gasteiger partial charge in [-0.1, -0.05) is 70.4 Å². The molecule has 1 nitrogen and oxygen atoms in total. The number of hydrogen-bond donors (Lipinski definition) is 1. The highest BCUT2D eigenvalue weighted by Gasteiger charge is 1.90. The van der Waals surface area contributed by atoms with Crippen molar-refractivity contribution in [1.82, 2.24) is 5.32 Å². The van der Waals surface area contributed by atoms with Gasteiger partial charge in [0, 0.05) is 0 Å². The third kappa shape index (κ3) is 17.7. The zero-order chi connectivity index (χ0) is 14.0. The van der Waals surface area contributed by atoms with Crippen LogP contribution in [0, 0.1) is 0 Å². The zero-order valence-electron chi connectivity index (χ0n) is 13.6. The van der Waals surface area contributed by atoms with E-state index in [0.29, 0.717) is 0 Å². The lowest BCUT2D eigenvalue weighted by molar-refractivity contribution is 0.598. The van der Waals surface area contributed by atoms with Gasteiger partial charge in [0.2, 0.25) is 0 Å². The molecule has 0 rings (SSSR count). The lowest BCUT2D eigenvalue weighted by Crippen LogP contribution is -2.06. The second-order valence-electron chi connectivity index (χ2n) is 5.69. The van der Waals surface area contributed by atoms with Gasteiger partial charge in [0.05, 0.1) is 0 Å². The summed E-state index contributed by atoms with van der Waals surface area (Å²) in [6, 6.07) is 0. The summed E-state index contributed by atoms with van der Waals surface area (Å²) in [5.41, 5.74) is 0. The molecule has 0 aliphatic rings. The molecule has 1 heteroatoms. The highest BCUT2D eigenvalue weighted by molar-refractivity contribution is 4.81. The minimum absolute atomic E-state index is 1.18. The molecule has 0 aromatic heterocycles. The first kappa shape index (κ1) is 18.7. The van der Waals surface area contributed by atoms with Crippen LogP contribution in [0.3, 0.4) is 0 Å². The third-order valence-electron chi connectivity index (χ3n) is 3.69. The molecule has 0 atom stereocenters. The van der Waals surface area contributed by atoms with E-state index in [1.54, 1.807) is 0 Å². The molecular weight excluding hydrogens is 230 g/mol. The highest BCUT2D eigenvalue weighted by atomic mass is 14.8. The largest absolute Gasteiger partial charge is 0.320 e. The van der Waals surface area contributed by atoms with Gasteiger partial charge in [-0.05, 0) is 45.7 Å². The van der Waals surface area contributed by atoms with E-state index in [1.807, 2.05) is 7.05 Å². The van der Waals surface area contributed by atoms with Gasteiger partial charge in [-0.2, -0.15) is 0 Å². The van der Waals surface area contributed by atoms with Gasteiger partial charge in [0.1, 0.15) is 0 Å². The minimum Gasteiger partial charge on any atom is -0.320 e. The van der Waals surface area contributed by atoms with Crippen molar-refractivity contribution in [2.75, 3.05) is 13.6 Å². The summed E-state index contributed by atoms with van der Waals surface area (Å²) in [4.78, 5) is 0. The summed E-state index contributed by atoms with van der Waals surface area (Å²) in [7, 11) is 2.04. The normalized spacial score (nSPS) is 11.5. The number of rotatable bonds is 15. The molecule has 19 heavy (non-hydrogen) atoms. The Balaban J connectivity index is 3.01. The van der Waals surface area contributed by atoms with Crippen LogP contribution in [0.4, 0.5) is 0 Å². The minimum atomic E-state index is 1.18. The summed E-state index contributed by atoms with van der Waals surface area (Å²) >= 11 is 0. The molecule has 1 N–H and O–H groups in total. The van der Waals surface area contributed by atoms with E-state index in [2.05, 4.69) is 24.4 Å². The predicted octanol–water partition coefficient (Wildman–Crippen LogP) is 5.85. The van der Waals surface area contributed by atoms with Crippen molar-refractivity contribution in [3.63, 3.8) is 0 Å². The molecule has 0 radical (unpaired) electrons. The van der Waals surface area contributed by atoms with E-state index >= 15 is 0 Å². The molecule has 0 saturated carbocycles. The summed E-state index contributed by atoms with van der Waals surface area (Å²) in [5.74, 6) is 0. The van der Waals surface area contributed by atoms with Crippen LogP contribution in [0.1, 0.15) is 90.4 Å². The van der Waals surface area contributed by atoms with Crippen molar-refractivity contribution in [2.24, 2.45) is 0 Å². The standard InChI is InChI=1S/C18H37N/c1-3-4-5-6-7-8-9-10-11-12-13-14-15-16-17-18-19-2/h10-11,19H,3-9,12-18H2,1-2H3. The fourth-order valence-corrected chi connectivity index (χ4v) is 2.37. The van der Waals surface area contributed by atoms with Crippen LogP contribution in [0.2, 0.25) is 0 Å². The molecule has 0 fully saturated rings. The maximum atomic E-state index is 3.20. The van der Waals surface area contributed by atoms with Crippen molar-refractivity contribution < 1.29 is 0 Å². The first-order valence-electron chi connectivity index (χ1n) is 8.71. The van der Waals surface area contributed by atoms with Gasteiger partial charge in [-0.15, -0.1) is 0 Å². The molecule has 0 amide bonds. The molecule has 0 unspecified atom stereocenters. The van der Waals surface area contributed by atoms with Crippen LogP contribution < -0.4 is 5.32 Å². The fraction of sp³-hybridized carbons (Fsp3) is 0.889. The Hall–Kier alpha value is -0.300. The van der Waals surface area contributed by atoms with Crippen molar-refractivity contribution >= 4 is 0 Å². The van der Waals surface area contributed by atoms with Crippen LogP contribution >= 0.6 is 0 Å². The second-order valence-corrected chi connectivity index (χ2v) is 5.69. The lowest BCUT2D eigenvalue weighted by atomic mass is 10.1. The molecule has 0 aliphatic heterocycles. The average Bonchev–Trinajstić information content (AvgIpc) is 2.43. The molecule has 0 heterocycles. The van der Waals surface area contributed by atoms with Gasteiger partial charge in [0.25, 0.3) is 0 Å².